The quantitative estimate of drug-likeness (QED) is 0.347. The number of hydrogen-bond donors (Lipinski definition) is 1. The minimum atomic E-state index is 0.0576. The molecule has 0 fully saturated rings. The van der Waals surface area contributed by atoms with Crippen LogP contribution in [0.2, 0.25) is 0 Å². The Morgan fingerprint density at radius 1 is 0.478 bits per heavy atom. The lowest BCUT2D eigenvalue weighted by Crippen LogP contribution is -2.12. The number of aliphatic hydroxyl groups is 1. The van der Waals surface area contributed by atoms with Gasteiger partial charge in [0.2, 0.25) is 0 Å². The van der Waals surface area contributed by atoms with Gasteiger partial charge in [0.15, 0.2) is 0 Å². The summed E-state index contributed by atoms with van der Waals surface area (Å²) in [5.74, 6) is 0. The predicted molar refractivity (Wildman–Crippen MR) is 93.0 cm³/mol. The van der Waals surface area contributed by atoms with E-state index in [2.05, 4.69) is 6.92 Å². The van der Waals surface area contributed by atoms with Crippen molar-refractivity contribution in [2.45, 2.75) is 58.3 Å². The summed E-state index contributed by atoms with van der Waals surface area (Å²) in [6.07, 6.45) is 10.6. The van der Waals surface area contributed by atoms with Gasteiger partial charge in [0.25, 0.3) is 0 Å². The minimum absolute atomic E-state index is 0.0576. The van der Waals surface area contributed by atoms with Crippen molar-refractivity contribution >= 4 is 0 Å². The summed E-state index contributed by atoms with van der Waals surface area (Å²) < 4.78 is 21.3. The van der Waals surface area contributed by atoms with E-state index in [0.717, 1.165) is 13.0 Å². The molecule has 0 unspecified atom stereocenters. The Morgan fingerprint density at radius 2 is 0.870 bits per heavy atom. The zero-order valence-corrected chi connectivity index (χ0v) is 15.1. The van der Waals surface area contributed by atoms with Crippen LogP contribution in [0.3, 0.4) is 0 Å². The highest BCUT2D eigenvalue weighted by Gasteiger charge is 1.94. The molecule has 0 saturated heterocycles. The second-order valence-electron chi connectivity index (χ2n) is 5.65. The van der Waals surface area contributed by atoms with Gasteiger partial charge in [-0.1, -0.05) is 51.9 Å². The van der Waals surface area contributed by atoms with Crippen LogP contribution in [0, 0.1) is 0 Å². The summed E-state index contributed by atoms with van der Waals surface area (Å²) in [6, 6.07) is 0. The first-order valence-electron chi connectivity index (χ1n) is 9.33. The van der Waals surface area contributed by atoms with Crippen molar-refractivity contribution in [1.29, 1.82) is 0 Å². The van der Waals surface area contributed by atoms with Gasteiger partial charge in [-0.3, -0.25) is 0 Å². The average Bonchev–Trinajstić information content (AvgIpc) is 2.57. The molecule has 140 valence electrons. The van der Waals surface area contributed by atoms with Crippen LogP contribution in [0.4, 0.5) is 0 Å². The molecule has 5 nitrogen and oxygen atoms in total. The Kier molecular flexibility index (Phi) is 21.6. The second kappa shape index (κ2) is 21.8. The third-order valence-electron chi connectivity index (χ3n) is 3.49. The SMILES string of the molecule is CCCCCCCCCCOCCOCCOCCOCCO. The van der Waals surface area contributed by atoms with E-state index >= 15 is 0 Å². The molecular weight excluding hydrogens is 296 g/mol. The second-order valence-corrected chi connectivity index (χ2v) is 5.65. The van der Waals surface area contributed by atoms with Gasteiger partial charge in [0.1, 0.15) is 0 Å². The highest BCUT2D eigenvalue weighted by molar-refractivity contribution is 4.45. The maximum atomic E-state index is 8.51. The molecule has 0 aromatic heterocycles. The van der Waals surface area contributed by atoms with Gasteiger partial charge < -0.3 is 24.1 Å². The van der Waals surface area contributed by atoms with Crippen LogP contribution in [0.15, 0.2) is 0 Å². The smallest absolute Gasteiger partial charge is 0.0701 e. The molecule has 1 N–H and O–H groups in total. The predicted octanol–water partition coefficient (Wildman–Crippen LogP) is 3.19. The summed E-state index contributed by atoms with van der Waals surface area (Å²) in [7, 11) is 0. The van der Waals surface area contributed by atoms with E-state index in [1.807, 2.05) is 0 Å². The molecule has 0 heterocycles. The third-order valence-corrected chi connectivity index (χ3v) is 3.49. The highest BCUT2D eigenvalue weighted by Crippen LogP contribution is 2.08. The van der Waals surface area contributed by atoms with Crippen molar-refractivity contribution < 1.29 is 24.1 Å². The molecular formula is C18H38O5. The lowest BCUT2D eigenvalue weighted by molar-refractivity contribution is -0.00577. The molecule has 0 atom stereocenters. The van der Waals surface area contributed by atoms with Crippen LogP contribution in [-0.2, 0) is 18.9 Å². The van der Waals surface area contributed by atoms with Gasteiger partial charge in [0, 0.05) is 6.61 Å². The number of ether oxygens (including phenoxy) is 4. The Morgan fingerprint density at radius 3 is 1.35 bits per heavy atom. The molecule has 0 spiro atoms. The molecule has 0 rings (SSSR count). The van der Waals surface area contributed by atoms with Gasteiger partial charge in [-0.2, -0.15) is 0 Å². The number of hydrogen-bond acceptors (Lipinski definition) is 5. The summed E-state index contributed by atoms with van der Waals surface area (Å²) in [4.78, 5) is 0. The fraction of sp³-hybridized carbons (Fsp3) is 1.00. The average molecular weight is 334 g/mol. The van der Waals surface area contributed by atoms with Gasteiger partial charge >= 0.3 is 0 Å². The largest absolute Gasteiger partial charge is 0.394 e. The molecule has 0 aliphatic carbocycles. The summed E-state index contributed by atoms with van der Waals surface area (Å²) >= 11 is 0. The summed E-state index contributed by atoms with van der Waals surface area (Å²) in [5.41, 5.74) is 0. The van der Waals surface area contributed by atoms with Gasteiger partial charge in [-0.05, 0) is 6.42 Å². The Balaban J connectivity index is 2.92. The molecule has 0 saturated carbocycles. The van der Waals surface area contributed by atoms with Crippen molar-refractivity contribution in [2.75, 3.05) is 59.5 Å². The van der Waals surface area contributed by atoms with Crippen LogP contribution in [0.25, 0.3) is 0 Å². The lowest BCUT2D eigenvalue weighted by Gasteiger charge is -2.07. The number of rotatable bonds is 20. The fourth-order valence-corrected chi connectivity index (χ4v) is 2.16. The van der Waals surface area contributed by atoms with Crippen molar-refractivity contribution in [1.82, 2.24) is 0 Å². The monoisotopic (exact) mass is 334 g/mol. The Labute approximate surface area is 142 Å². The van der Waals surface area contributed by atoms with Crippen LogP contribution < -0.4 is 0 Å². The highest BCUT2D eigenvalue weighted by atomic mass is 16.6. The molecule has 0 aromatic rings. The van der Waals surface area contributed by atoms with E-state index in [1.54, 1.807) is 0 Å². The van der Waals surface area contributed by atoms with Gasteiger partial charge in [-0.25, -0.2) is 0 Å². The van der Waals surface area contributed by atoms with E-state index in [-0.39, 0.29) is 6.61 Å². The standard InChI is InChI=1S/C18H38O5/c1-2-3-4-5-6-7-8-9-11-20-13-15-22-17-18-23-16-14-21-12-10-19/h19H,2-18H2,1H3. The maximum absolute atomic E-state index is 8.51. The lowest BCUT2D eigenvalue weighted by atomic mass is 10.1. The van der Waals surface area contributed by atoms with Crippen molar-refractivity contribution in [3.05, 3.63) is 0 Å². The molecule has 5 heteroatoms. The first-order valence-corrected chi connectivity index (χ1v) is 9.33. The molecule has 0 amide bonds. The molecule has 0 radical (unpaired) electrons. The summed E-state index contributed by atoms with van der Waals surface area (Å²) in [6.45, 7) is 7.03. The van der Waals surface area contributed by atoms with E-state index in [0.29, 0.717) is 46.2 Å². The Hall–Kier alpha value is -0.200. The minimum Gasteiger partial charge on any atom is -0.394 e. The normalized spacial score (nSPS) is 11.2. The van der Waals surface area contributed by atoms with Crippen molar-refractivity contribution in [2.24, 2.45) is 0 Å². The first kappa shape index (κ1) is 22.8. The molecule has 0 aliphatic heterocycles. The molecule has 0 aliphatic rings. The van der Waals surface area contributed by atoms with E-state index in [1.165, 1.54) is 44.9 Å². The molecule has 0 aromatic carbocycles. The van der Waals surface area contributed by atoms with Crippen LogP contribution in [0.5, 0.6) is 0 Å². The van der Waals surface area contributed by atoms with Crippen molar-refractivity contribution in [3.63, 3.8) is 0 Å². The van der Waals surface area contributed by atoms with Gasteiger partial charge in [0.05, 0.1) is 52.9 Å². The van der Waals surface area contributed by atoms with E-state index in [9.17, 15) is 0 Å². The van der Waals surface area contributed by atoms with Crippen molar-refractivity contribution in [3.8, 4) is 0 Å². The fourth-order valence-electron chi connectivity index (χ4n) is 2.16. The van der Waals surface area contributed by atoms with Gasteiger partial charge in [-0.15, -0.1) is 0 Å². The third kappa shape index (κ3) is 21.8. The molecule has 23 heavy (non-hydrogen) atoms. The summed E-state index contributed by atoms with van der Waals surface area (Å²) in [5, 5.41) is 8.51. The van der Waals surface area contributed by atoms with Crippen LogP contribution in [-0.4, -0.2) is 64.6 Å². The number of unbranched alkanes of at least 4 members (excludes halogenated alkanes) is 7. The van der Waals surface area contributed by atoms with Crippen LogP contribution >= 0.6 is 0 Å². The zero-order valence-electron chi connectivity index (χ0n) is 15.1. The Bertz CT molecular complexity index is 182. The van der Waals surface area contributed by atoms with E-state index in [4.69, 9.17) is 24.1 Å². The first-order chi connectivity index (χ1) is 11.4. The maximum Gasteiger partial charge on any atom is 0.0701 e. The molecule has 0 bridgehead atoms. The topological polar surface area (TPSA) is 57.2 Å². The van der Waals surface area contributed by atoms with Crippen LogP contribution in [0.1, 0.15) is 58.3 Å². The number of aliphatic hydroxyl groups excluding tert-OH is 1. The van der Waals surface area contributed by atoms with E-state index < -0.39 is 0 Å². The zero-order chi connectivity index (χ0) is 16.8.